The first-order chi connectivity index (χ1) is 14.7. The largest absolute Gasteiger partial charge is 0.350 e. The van der Waals surface area contributed by atoms with E-state index >= 15 is 0 Å². The smallest absolute Gasteiger partial charge is 0.247 e. The van der Waals surface area contributed by atoms with Crippen molar-refractivity contribution < 1.29 is 9.59 Å². The highest BCUT2D eigenvalue weighted by Crippen LogP contribution is 2.39. The minimum Gasteiger partial charge on any atom is -0.350 e. The Bertz CT molecular complexity index is 1070. The normalized spacial score (nSPS) is 15.3. The molecule has 2 amide bonds. The Morgan fingerprint density at radius 1 is 1.29 bits per heavy atom. The molecule has 1 atom stereocenters. The van der Waals surface area contributed by atoms with Gasteiger partial charge in [0.15, 0.2) is 0 Å². The lowest BCUT2D eigenvalue weighted by Gasteiger charge is -2.24. The number of H-pyrrole nitrogens is 1. The molecule has 3 aromatic rings. The number of carbonyl (C=O) groups is 2. The summed E-state index contributed by atoms with van der Waals surface area (Å²) in [5, 5.41) is 2.46. The first-order valence-corrected chi connectivity index (χ1v) is 11.5. The molecule has 2 heterocycles. The molecule has 1 unspecified atom stereocenters. The van der Waals surface area contributed by atoms with Crippen molar-refractivity contribution in [2.45, 2.75) is 44.9 Å². The number of anilines is 1. The second kappa shape index (κ2) is 9.56. The van der Waals surface area contributed by atoms with E-state index in [1.54, 1.807) is 4.90 Å². The van der Waals surface area contributed by atoms with E-state index in [2.05, 4.69) is 37.3 Å². The van der Waals surface area contributed by atoms with Crippen molar-refractivity contribution in [1.29, 1.82) is 0 Å². The summed E-state index contributed by atoms with van der Waals surface area (Å²) in [7, 11) is 0. The number of hydrogen-bond acceptors (Lipinski definition) is 4. The van der Waals surface area contributed by atoms with Crippen molar-refractivity contribution >= 4 is 40.8 Å². The number of carbonyl (C=O) groups excluding carboxylic acids is 2. The fourth-order valence-electron chi connectivity index (χ4n) is 3.43. The molecule has 2 N–H and O–H groups in total. The molecule has 0 aliphatic carbocycles. The molecule has 4 rings (SSSR count). The third-order valence-electron chi connectivity index (χ3n) is 5.17. The molecule has 1 aromatic heterocycles. The monoisotopic (exact) mass is 438 g/mol. The lowest BCUT2D eigenvalue weighted by molar-refractivity contribution is -0.120. The van der Waals surface area contributed by atoms with Gasteiger partial charge in [-0.3, -0.25) is 14.5 Å². The Kier molecular flexibility index (Phi) is 7.05. The fraction of sp³-hybridized carbons (Fsp3) is 0.375. The Morgan fingerprint density at radius 3 is 2.68 bits per heavy atom. The van der Waals surface area contributed by atoms with Crippen molar-refractivity contribution in [2.75, 3.05) is 17.7 Å². The quantitative estimate of drug-likeness (QED) is 0.592. The predicted octanol–water partition coefficient (Wildman–Crippen LogP) is 4.40. The van der Waals surface area contributed by atoms with Crippen LogP contribution in [0.1, 0.15) is 43.8 Å². The predicted molar refractivity (Wildman–Crippen MR) is 129 cm³/mol. The zero-order valence-corrected chi connectivity index (χ0v) is 19.5. The van der Waals surface area contributed by atoms with E-state index < -0.39 is 0 Å². The number of para-hydroxylation sites is 1. The van der Waals surface area contributed by atoms with Crippen LogP contribution < -0.4 is 10.2 Å². The molecule has 0 fully saturated rings. The van der Waals surface area contributed by atoms with Crippen LogP contribution in [0.5, 0.6) is 0 Å². The molecule has 1 aliphatic heterocycles. The Hall–Kier alpha value is -2.80. The second-order valence-electron chi connectivity index (χ2n) is 8.57. The third-order valence-corrected chi connectivity index (χ3v) is 6.39. The molecule has 0 saturated heterocycles. The maximum absolute atomic E-state index is 12.7. The molecule has 164 valence electrons. The lowest BCUT2D eigenvalue weighted by atomic mass is 10.1. The van der Waals surface area contributed by atoms with Crippen LogP contribution in [0.25, 0.3) is 11.0 Å². The van der Waals surface area contributed by atoms with E-state index in [-0.39, 0.29) is 18.5 Å². The Morgan fingerprint density at radius 2 is 2.00 bits per heavy atom. The van der Waals surface area contributed by atoms with Gasteiger partial charge in [0.2, 0.25) is 12.3 Å². The number of nitrogens with zero attached hydrogens (tertiary/aromatic N) is 2. The summed E-state index contributed by atoms with van der Waals surface area (Å²) in [5.41, 5.74) is 4.98. The highest BCUT2D eigenvalue weighted by Gasteiger charge is 2.36. The first-order valence-electron chi connectivity index (χ1n) is 10.3. The van der Waals surface area contributed by atoms with Crippen LogP contribution in [0.15, 0.2) is 42.5 Å². The summed E-state index contributed by atoms with van der Waals surface area (Å²) >= 11 is 1.88. The number of aromatic amines is 1. The maximum Gasteiger partial charge on any atom is 0.247 e. The van der Waals surface area contributed by atoms with Crippen LogP contribution in [-0.2, 0) is 16.0 Å². The standard InChI is InChI=1S/C19H18N4O2.C5H12S/c1-12-6-7-14-15(8-12)22-19(21-14)17-9-13-4-2-3-5-16(13)23(17)18(25)10-20-11-24;1-5(2,3)6-4/h2-8,11,17H,9-10H2,1H3,(H,20,24)(H,21,22);1-4H3. The number of aromatic nitrogens is 2. The van der Waals surface area contributed by atoms with E-state index in [1.165, 1.54) is 0 Å². The summed E-state index contributed by atoms with van der Waals surface area (Å²) in [4.78, 5) is 33.0. The van der Waals surface area contributed by atoms with Crippen molar-refractivity contribution in [1.82, 2.24) is 15.3 Å². The Labute approximate surface area is 187 Å². The molecular weight excluding hydrogens is 408 g/mol. The third kappa shape index (κ3) is 5.47. The zero-order valence-electron chi connectivity index (χ0n) is 18.7. The number of amides is 2. The van der Waals surface area contributed by atoms with Crippen molar-refractivity contribution in [3.8, 4) is 0 Å². The maximum atomic E-state index is 12.7. The molecule has 1 aliphatic rings. The molecule has 31 heavy (non-hydrogen) atoms. The molecule has 0 bridgehead atoms. The lowest BCUT2D eigenvalue weighted by Crippen LogP contribution is -2.39. The summed E-state index contributed by atoms with van der Waals surface area (Å²) in [6.07, 6.45) is 3.36. The van der Waals surface area contributed by atoms with Gasteiger partial charge in [0.05, 0.1) is 23.6 Å². The minimum absolute atomic E-state index is 0.0341. The van der Waals surface area contributed by atoms with Crippen LogP contribution in [0.3, 0.4) is 0 Å². The van der Waals surface area contributed by atoms with Gasteiger partial charge in [-0.25, -0.2) is 4.98 Å². The molecular formula is C24H30N4O2S. The summed E-state index contributed by atoms with van der Waals surface area (Å²) < 4.78 is 0.458. The van der Waals surface area contributed by atoms with Gasteiger partial charge in [-0.1, -0.05) is 45.0 Å². The first kappa shape index (κ1) is 22.9. The minimum atomic E-state index is -0.203. The van der Waals surface area contributed by atoms with Crippen LogP contribution in [-0.4, -0.2) is 39.8 Å². The van der Waals surface area contributed by atoms with E-state index in [0.717, 1.165) is 33.7 Å². The van der Waals surface area contributed by atoms with Gasteiger partial charge in [-0.05, 0) is 42.5 Å². The molecule has 2 aromatic carbocycles. The van der Waals surface area contributed by atoms with Crippen LogP contribution in [0, 0.1) is 6.92 Å². The van der Waals surface area contributed by atoms with Crippen molar-refractivity contribution in [3.05, 3.63) is 59.4 Å². The highest BCUT2D eigenvalue weighted by atomic mass is 32.2. The second-order valence-corrected chi connectivity index (χ2v) is 10.2. The van der Waals surface area contributed by atoms with Crippen LogP contribution in [0.2, 0.25) is 0 Å². The molecule has 7 heteroatoms. The number of aryl methyl sites for hydroxylation is 1. The molecule has 0 radical (unpaired) electrons. The van der Waals surface area contributed by atoms with Gasteiger partial charge in [-0.15, -0.1) is 0 Å². The number of fused-ring (bicyclic) bond motifs is 2. The van der Waals surface area contributed by atoms with Gasteiger partial charge in [0.1, 0.15) is 5.82 Å². The summed E-state index contributed by atoms with van der Waals surface area (Å²) in [6, 6.07) is 13.7. The summed E-state index contributed by atoms with van der Waals surface area (Å²) in [5.74, 6) is 0.606. The van der Waals surface area contributed by atoms with E-state index in [0.29, 0.717) is 17.6 Å². The molecule has 0 spiro atoms. The fourth-order valence-corrected chi connectivity index (χ4v) is 3.43. The average Bonchev–Trinajstić information content (AvgIpc) is 3.32. The number of nitrogens with one attached hydrogen (secondary N) is 2. The number of hydrogen-bond donors (Lipinski definition) is 2. The van der Waals surface area contributed by atoms with E-state index in [9.17, 15) is 9.59 Å². The topological polar surface area (TPSA) is 78.1 Å². The van der Waals surface area contributed by atoms with Gasteiger partial charge < -0.3 is 10.3 Å². The van der Waals surface area contributed by atoms with E-state index in [4.69, 9.17) is 4.98 Å². The van der Waals surface area contributed by atoms with Gasteiger partial charge in [-0.2, -0.15) is 11.8 Å². The number of benzene rings is 2. The zero-order chi connectivity index (χ0) is 22.6. The van der Waals surface area contributed by atoms with Crippen molar-refractivity contribution in [2.24, 2.45) is 0 Å². The van der Waals surface area contributed by atoms with Crippen LogP contribution in [0.4, 0.5) is 5.69 Å². The van der Waals surface area contributed by atoms with E-state index in [1.807, 2.05) is 61.2 Å². The Balaban J connectivity index is 0.000000401. The number of imidazole rings is 1. The summed E-state index contributed by atoms with van der Waals surface area (Å²) in [6.45, 7) is 8.62. The van der Waals surface area contributed by atoms with Gasteiger partial charge in [0, 0.05) is 16.9 Å². The van der Waals surface area contributed by atoms with Crippen molar-refractivity contribution in [3.63, 3.8) is 0 Å². The highest BCUT2D eigenvalue weighted by molar-refractivity contribution is 7.99. The van der Waals surface area contributed by atoms with Crippen LogP contribution >= 0.6 is 11.8 Å². The van der Waals surface area contributed by atoms with Gasteiger partial charge in [0.25, 0.3) is 0 Å². The van der Waals surface area contributed by atoms with Gasteiger partial charge >= 0.3 is 0 Å². The molecule has 0 saturated carbocycles. The number of thioether (sulfide) groups is 1. The molecule has 6 nitrogen and oxygen atoms in total. The SMILES string of the molecule is CSC(C)(C)C.Cc1ccc2nc(C3Cc4ccccc4N3C(=O)CNC=O)[nH]c2c1. The average molecular weight is 439 g/mol. The number of rotatable bonds is 4.